The number of anilines is 1. The van der Waals surface area contributed by atoms with E-state index in [0.717, 1.165) is 22.8 Å². The number of carbonyl (C=O) groups excluding carboxylic acids is 2. The van der Waals surface area contributed by atoms with Gasteiger partial charge >= 0.3 is 0 Å². The van der Waals surface area contributed by atoms with Crippen molar-refractivity contribution in [2.24, 2.45) is 11.1 Å². The summed E-state index contributed by atoms with van der Waals surface area (Å²) in [6.07, 6.45) is 4.44. The van der Waals surface area contributed by atoms with Crippen LogP contribution in [0.5, 0.6) is 0 Å². The summed E-state index contributed by atoms with van der Waals surface area (Å²) in [5.41, 5.74) is 2.22. The minimum Gasteiger partial charge on any atom is -0.343 e. The van der Waals surface area contributed by atoms with Crippen LogP contribution >= 0.6 is 11.9 Å². The number of benzene rings is 3. The molecule has 180 valence electrons. The molecule has 0 heterocycles. The molecule has 1 aliphatic carbocycles. The molecule has 0 saturated heterocycles. The maximum Gasteiger partial charge on any atom is 0.251 e. The molecule has 1 aliphatic rings. The highest BCUT2D eigenvalue weighted by Gasteiger charge is 2.17. The van der Waals surface area contributed by atoms with E-state index in [9.17, 15) is 14.0 Å². The first kappa shape index (κ1) is 27.1. The second-order valence-corrected chi connectivity index (χ2v) is 8.59. The number of carbonyl (C=O) groups is 2. The van der Waals surface area contributed by atoms with Crippen molar-refractivity contribution in [3.8, 4) is 0 Å². The Hall–Kier alpha value is -3.16. The first-order valence-electron chi connectivity index (χ1n) is 11.2. The van der Waals surface area contributed by atoms with Crippen molar-refractivity contribution < 1.29 is 14.0 Å². The SMILES string of the molecule is CCC1CC1.Cc1ccccc1.NSc1ccc(NC(=O)CNC(=O)c2ccc(F)cc2)cc1. The van der Waals surface area contributed by atoms with Crippen molar-refractivity contribution in [3.05, 3.63) is 95.8 Å². The maximum atomic E-state index is 12.8. The molecule has 1 fully saturated rings. The fourth-order valence-corrected chi connectivity index (χ4v) is 3.04. The van der Waals surface area contributed by atoms with Crippen LogP contribution in [-0.2, 0) is 4.79 Å². The number of rotatable bonds is 6. The summed E-state index contributed by atoms with van der Waals surface area (Å²) in [5.74, 6) is -0.0861. The summed E-state index contributed by atoms with van der Waals surface area (Å²) in [4.78, 5) is 24.4. The molecule has 0 aromatic heterocycles. The molecule has 3 aromatic carbocycles. The fraction of sp³-hybridized carbons (Fsp3) is 0.259. The quantitative estimate of drug-likeness (QED) is 0.379. The van der Waals surface area contributed by atoms with E-state index < -0.39 is 11.7 Å². The standard InChI is InChI=1S/C15H14FN3O2S.C7H8.C5H10/c16-11-3-1-10(2-4-11)15(21)18-9-14(20)19-12-5-7-13(22-17)8-6-12;1-7-5-3-2-4-6-7;1-2-5-3-4-5/h1-8H,9,17H2,(H,18,21)(H,19,20);2-6H,1H3;5H,2-4H2,1H3. The van der Waals surface area contributed by atoms with Gasteiger partial charge in [-0.1, -0.05) is 62.1 Å². The lowest BCUT2D eigenvalue weighted by atomic mass is 10.2. The third-order valence-corrected chi connectivity index (χ3v) is 5.55. The van der Waals surface area contributed by atoms with Gasteiger partial charge in [0, 0.05) is 16.1 Å². The molecule has 34 heavy (non-hydrogen) atoms. The summed E-state index contributed by atoms with van der Waals surface area (Å²) in [5, 5.41) is 10.5. The van der Waals surface area contributed by atoms with Crippen molar-refractivity contribution >= 4 is 29.4 Å². The van der Waals surface area contributed by atoms with E-state index in [2.05, 4.69) is 36.6 Å². The first-order chi connectivity index (χ1) is 16.4. The van der Waals surface area contributed by atoms with Crippen LogP contribution in [0.2, 0.25) is 0 Å². The molecule has 0 spiro atoms. The van der Waals surface area contributed by atoms with Crippen molar-refractivity contribution in [2.45, 2.75) is 38.0 Å². The van der Waals surface area contributed by atoms with Gasteiger partial charge in [0.05, 0.1) is 6.54 Å². The lowest BCUT2D eigenvalue weighted by Gasteiger charge is -2.07. The van der Waals surface area contributed by atoms with Gasteiger partial charge in [0.15, 0.2) is 0 Å². The van der Waals surface area contributed by atoms with Gasteiger partial charge in [-0.05, 0) is 73.3 Å². The Labute approximate surface area is 205 Å². The van der Waals surface area contributed by atoms with Gasteiger partial charge in [-0.3, -0.25) is 14.7 Å². The summed E-state index contributed by atoms with van der Waals surface area (Å²) in [6, 6.07) is 22.3. The average Bonchev–Trinajstić information content (AvgIpc) is 3.70. The van der Waals surface area contributed by atoms with Gasteiger partial charge < -0.3 is 10.6 Å². The van der Waals surface area contributed by atoms with E-state index in [4.69, 9.17) is 5.14 Å². The molecule has 5 nitrogen and oxygen atoms in total. The molecule has 3 aromatic rings. The number of halogens is 1. The highest BCUT2D eigenvalue weighted by atomic mass is 32.2. The first-order valence-corrected chi connectivity index (χ1v) is 12.1. The molecule has 7 heteroatoms. The normalized spacial score (nSPS) is 11.8. The topological polar surface area (TPSA) is 84.2 Å². The zero-order valence-corrected chi connectivity index (χ0v) is 20.4. The Bertz CT molecular complexity index is 1010. The summed E-state index contributed by atoms with van der Waals surface area (Å²) in [7, 11) is 0. The predicted octanol–water partition coefficient (Wildman–Crippen LogP) is 5.96. The number of hydrogen-bond acceptors (Lipinski definition) is 4. The molecule has 0 radical (unpaired) electrons. The Morgan fingerprint density at radius 2 is 1.59 bits per heavy atom. The third-order valence-electron chi connectivity index (χ3n) is 5.00. The molecular formula is C27H32FN3O2S. The number of nitrogens with one attached hydrogen (secondary N) is 2. The van der Waals surface area contributed by atoms with Gasteiger partial charge in [-0.15, -0.1) is 0 Å². The van der Waals surface area contributed by atoms with Crippen LogP contribution < -0.4 is 15.8 Å². The molecule has 0 atom stereocenters. The molecule has 4 N–H and O–H groups in total. The highest BCUT2D eigenvalue weighted by Crippen LogP contribution is 2.31. The number of aryl methyl sites for hydroxylation is 1. The molecule has 1 saturated carbocycles. The summed E-state index contributed by atoms with van der Waals surface area (Å²) in [6.45, 7) is 4.17. The van der Waals surface area contributed by atoms with E-state index in [1.807, 2.05) is 18.2 Å². The van der Waals surface area contributed by atoms with E-state index >= 15 is 0 Å². The van der Waals surface area contributed by atoms with Crippen LogP contribution in [0.15, 0.2) is 83.8 Å². The van der Waals surface area contributed by atoms with Gasteiger partial charge in [-0.2, -0.15) is 0 Å². The number of nitrogens with two attached hydrogens (primary N) is 1. The number of hydrogen-bond donors (Lipinski definition) is 3. The van der Waals surface area contributed by atoms with Crippen LogP contribution in [0.25, 0.3) is 0 Å². The Morgan fingerprint density at radius 1 is 0.971 bits per heavy atom. The maximum absolute atomic E-state index is 12.8. The van der Waals surface area contributed by atoms with E-state index in [-0.39, 0.29) is 12.5 Å². The van der Waals surface area contributed by atoms with Gasteiger partial charge in [0.1, 0.15) is 5.82 Å². The van der Waals surface area contributed by atoms with Crippen molar-refractivity contribution in [3.63, 3.8) is 0 Å². The van der Waals surface area contributed by atoms with Gasteiger partial charge in [-0.25, -0.2) is 4.39 Å². The molecule has 0 aliphatic heterocycles. The number of amides is 2. The molecule has 0 bridgehead atoms. The average molecular weight is 482 g/mol. The Balaban J connectivity index is 0.000000274. The van der Waals surface area contributed by atoms with Gasteiger partial charge in [0.25, 0.3) is 5.91 Å². The van der Waals surface area contributed by atoms with E-state index in [1.165, 1.54) is 49.1 Å². The molecule has 4 rings (SSSR count). The summed E-state index contributed by atoms with van der Waals surface area (Å²) >= 11 is 1.11. The highest BCUT2D eigenvalue weighted by molar-refractivity contribution is 7.97. The van der Waals surface area contributed by atoms with E-state index in [0.29, 0.717) is 11.3 Å². The lowest BCUT2D eigenvalue weighted by molar-refractivity contribution is -0.115. The Kier molecular flexibility index (Phi) is 11.9. The minimum atomic E-state index is -0.440. The molecule has 0 unspecified atom stereocenters. The monoisotopic (exact) mass is 481 g/mol. The Morgan fingerprint density at radius 3 is 2.03 bits per heavy atom. The summed E-state index contributed by atoms with van der Waals surface area (Å²) < 4.78 is 12.8. The van der Waals surface area contributed by atoms with Crippen LogP contribution in [0, 0.1) is 18.7 Å². The van der Waals surface area contributed by atoms with E-state index in [1.54, 1.807) is 24.3 Å². The zero-order valence-electron chi connectivity index (χ0n) is 19.6. The third kappa shape index (κ3) is 11.1. The zero-order chi connectivity index (χ0) is 24.8. The predicted molar refractivity (Wildman–Crippen MR) is 138 cm³/mol. The molecule has 2 amide bonds. The minimum absolute atomic E-state index is 0.177. The largest absolute Gasteiger partial charge is 0.343 e. The van der Waals surface area contributed by atoms with Gasteiger partial charge in [0.2, 0.25) is 5.91 Å². The van der Waals surface area contributed by atoms with Crippen molar-refractivity contribution in [1.82, 2.24) is 5.32 Å². The molecular weight excluding hydrogens is 449 g/mol. The van der Waals surface area contributed by atoms with Crippen LogP contribution in [0.3, 0.4) is 0 Å². The second-order valence-electron chi connectivity index (χ2n) is 7.89. The second kappa shape index (κ2) is 14.9. The van der Waals surface area contributed by atoms with Crippen LogP contribution in [0.1, 0.15) is 42.1 Å². The fourth-order valence-electron chi connectivity index (χ4n) is 2.75. The van der Waals surface area contributed by atoms with Crippen molar-refractivity contribution in [1.29, 1.82) is 0 Å². The smallest absolute Gasteiger partial charge is 0.251 e. The van der Waals surface area contributed by atoms with Crippen LogP contribution in [-0.4, -0.2) is 18.4 Å². The van der Waals surface area contributed by atoms with Crippen LogP contribution in [0.4, 0.5) is 10.1 Å². The lowest BCUT2D eigenvalue weighted by Crippen LogP contribution is -2.32. The van der Waals surface area contributed by atoms with Crippen molar-refractivity contribution in [2.75, 3.05) is 11.9 Å².